The van der Waals surface area contributed by atoms with Gasteiger partial charge in [-0.2, -0.15) is 0 Å². The van der Waals surface area contributed by atoms with Crippen molar-refractivity contribution in [1.29, 1.82) is 0 Å². The molecule has 234 valence electrons. The van der Waals surface area contributed by atoms with Crippen LogP contribution in [0.1, 0.15) is 85.7 Å². The molecule has 0 bridgehead atoms. The van der Waals surface area contributed by atoms with Gasteiger partial charge < -0.3 is 42.9 Å². The lowest BCUT2D eigenvalue weighted by Crippen LogP contribution is -3.00. The first-order valence-electron chi connectivity index (χ1n) is 16.4. The molecule has 0 saturated carbocycles. The number of unbranched alkanes of at least 4 members (excludes halogenated alkanes) is 7. The van der Waals surface area contributed by atoms with Gasteiger partial charge in [0.15, 0.2) is 0 Å². The molecule has 0 fully saturated rings. The van der Waals surface area contributed by atoms with Crippen molar-refractivity contribution in [2.45, 2.75) is 63.5 Å². The Labute approximate surface area is 287 Å². The van der Waals surface area contributed by atoms with E-state index in [1.807, 2.05) is 0 Å². The van der Waals surface area contributed by atoms with Crippen molar-refractivity contribution >= 4 is 0 Å². The summed E-state index contributed by atoms with van der Waals surface area (Å²) in [6.07, 6.45) is 10.8. The van der Waals surface area contributed by atoms with E-state index in [-0.39, 0.29) is 34.0 Å². The Morgan fingerprint density at radius 1 is 0.364 bits per heavy atom. The first-order valence-corrected chi connectivity index (χ1v) is 16.4. The fourth-order valence-electron chi connectivity index (χ4n) is 8.12. The van der Waals surface area contributed by atoms with Crippen molar-refractivity contribution in [3.63, 3.8) is 0 Å². The number of hydrogen-bond donors (Lipinski definition) is 0. The summed E-state index contributed by atoms with van der Waals surface area (Å²) < 4.78 is 2.08. The highest BCUT2D eigenvalue weighted by molar-refractivity contribution is 5.78. The van der Waals surface area contributed by atoms with Crippen LogP contribution in [0.5, 0.6) is 0 Å². The van der Waals surface area contributed by atoms with E-state index in [0.29, 0.717) is 12.1 Å². The normalized spacial score (nSPS) is 13.8. The lowest BCUT2D eigenvalue weighted by atomic mass is 10.0. The van der Waals surface area contributed by atoms with Gasteiger partial charge in [0.2, 0.25) is 0 Å². The van der Waals surface area contributed by atoms with Crippen LogP contribution in [0.15, 0.2) is 97.1 Å². The van der Waals surface area contributed by atoms with Crippen molar-refractivity contribution in [2.24, 2.45) is 0 Å². The van der Waals surface area contributed by atoms with E-state index in [2.05, 4.69) is 125 Å². The maximum Gasteiger partial charge on any atom is 0.141 e. The van der Waals surface area contributed by atoms with Crippen molar-refractivity contribution < 1.29 is 42.9 Å². The Morgan fingerprint density at radius 3 is 0.864 bits per heavy atom. The molecule has 0 spiro atoms. The van der Waals surface area contributed by atoms with Gasteiger partial charge in [0.25, 0.3) is 0 Å². The number of benzene rings is 4. The molecule has 0 amide bonds. The Kier molecular flexibility index (Phi) is 11.7. The molecule has 0 heterocycles. The van der Waals surface area contributed by atoms with Gasteiger partial charge in [-0.05, 0) is 47.9 Å². The van der Waals surface area contributed by atoms with Crippen LogP contribution in [0, 0.1) is 0 Å². The molecule has 0 saturated heterocycles. The first-order chi connectivity index (χ1) is 20.4. The lowest BCUT2D eigenvalue weighted by Gasteiger charge is -2.37. The molecule has 2 nitrogen and oxygen atoms in total. The van der Waals surface area contributed by atoms with Crippen LogP contribution in [0.3, 0.4) is 0 Å². The highest BCUT2D eigenvalue weighted by Crippen LogP contribution is 2.49. The van der Waals surface area contributed by atoms with Gasteiger partial charge in [-0.1, -0.05) is 123 Å². The Balaban J connectivity index is 0.00000221. The van der Waals surface area contributed by atoms with Crippen molar-refractivity contribution in [2.75, 3.05) is 41.3 Å². The zero-order chi connectivity index (χ0) is 29.2. The molecule has 2 aliphatic rings. The Morgan fingerprint density at radius 2 is 0.591 bits per heavy atom. The molecule has 0 radical (unpaired) electrons. The van der Waals surface area contributed by atoms with Crippen LogP contribution < -0.4 is 34.0 Å². The van der Waals surface area contributed by atoms with E-state index < -0.39 is 0 Å². The molecular weight excluding hydrogens is 668 g/mol. The fraction of sp³-hybridized carbons (Fsp3) is 0.400. The van der Waals surface area contributed by atoms with Crippen molar-refractivity contribution in [3.05, 3.63) is 119 Å². The quantitative estimate of drug-likeness (QED) is 0.146. The summed E-state index contributed by atoms with van der Waals surface area (Å²) in [6, 6.07) is 37.1. The lowest BCUT2D eigenvalue weighted by molar-refractivity contribution is -0.915. The summed E-state index contributed by atoms with van der Waals surface area (Å²) >= 11 is 0. The summed E-state index contributed by atoms with van der Waals surface area (Å²) in [5, 5.41) is 0. The van der Waals surface area contributed by atoms with E-state index in [1.54, 1.807) is 0 Å². The van der Waals surface area contributed by atoms with Crippen LogP contribution in [0.4, 0.5) is 0 Å². The zero-order valence-corrected chi connectivity index (χ0v) is 30.3. The second-order valence-electron chi connectivity index (χ2n) is 14.0. The van der Waals surface area contributed by atoms with Gasteiger partial charge in [-0.15, -0.1) is 0 Å². The van der Waals surface area contributed by atoms with Crippen LogP contribution in [0.25, 0.3) is 22.3 Å². The monoisotopic (exact) mass is 716 g/mol. The molecule has 4 aromatic rings. The molecular formula is C40H50Br2N2. The van der Waals surface area contributed by atoms with Crippen LogP contribution >= 0.6 is 0 Å². The topological polar surface area (TPSA) is 0 Å². The maximum absolute atomic E-state index is 2.44. The summed E-state index contributed by atoms with van der Waals surface area (Å²) in [5.74, 6) is 0. The SMILES string of the molecule is C[N+](C)(CCCCCCCCCC[N+](C)(C)C1c2ccccc2-c2ccccc21)C1c2ccccc2-c2ccccc21.[Br-].[Br-]. The number of rotatable bonds is 13. The third-order valence-electron chi connectivity index (χ3n) is 10.2. The van der Waals surface area contributed by atoms with Crippen LogP contribution in [-0.4, -0.2) is 50.2 Å². The van der Waals surface area contributed by atoms with Gasteiger partial charge >= 0.3 is 0 Å². The number of nitrogens with zero attached hydrogens (tertiary/aromatic N) is 2. The van der Waals surface area contributed by atoms with Crippen molar-refractivity contribution in [1.82, 2.24) is 0 Å². The van der Waals surface area contributed by atoms with Crippen LogP contribution in [-0.2, 0) is 0 Å². The number of fused-ring (bicyclic) bond motifs is 6. The van der Waals surface area contributed by atoms with E-state index in [9.17, 15) is 0 Å². The number of halogens is 2. The average Bonchev–Trinajstić information content (AvgIpc) is 3.52. The van der Waals surface area contributed by atoms with Gasteiger partial charge in [-0.25, -0.2) is 0 Å². The zero-order valence-electron chi connectivity index (χ0n) is 27.1. The van der Waals surface area contributed by atoms with Crippen LogP contribution in [0.2, 0.25) is 0 Å². The Bertz CT molecular complexity index is 1320. The molecule has 0 N–H and O–H groups in total. The standard InChI is InChI=1S/C40H50N2.2BrH/c1-41(2,39-35-25-15-11-21-31(35)32-22-12-16-26-36(32)39)29-19-9-7-5-6-8-10-20-30-42(3,4)40-37-27-17-13-23-33(37)34-24-14-18-28-38(34)40;;/h11-18,21-28,39-40H,5-10,19-20,29-30H2,1-4H3;2*1H/q+2;;/p-2. The summed E-state index contributed by atoms with van der Waals surface area (Å²) in [7, 11) is 9.75. The van der Waals surface area contributed by atoms with Crippen molar-refractivity contribution in [3.8, 4) is 22.3 Å². The minimum absolute atomic E-state index is 0. The minimum Gasteiger partial charge on any atom is -1.00 e. The second-order valence-corrected chi connectivity index (χ2v) is 14.0. The predicted octanol–water partition coefficient (Wildman–Crippen LogP) is 3.81. The van der Waals surface area contributed by atoms with E-state index >= 15 is 0 Å². The molecule has 6 rings (SSSR count). The number of quaternary nitrogens is 2. The summed E-state index contributed by atoms with van der Waals surface area (Å²) in [5.41, 5.74) is 11.8. The number of hydrogen-bond acceptors (Lipinski definition) is 0. The molecule has 0 unspecified atom stereocenters. The maximum atomic E-state index is 2.44. The average molecular weight is 719 g/mol. The van der Waals surface area contributed by atoms with E-state index in [1.165, 1.54) is 109 Å². The minimum atomic E-state index is 0. The van der Waals surface area contributed by atoms with Gasteiger partial charge in [0.1, 0.15) is 12.1 Å². The first kappa shape index (κ1) is 34.6. The molecule has 2 aliphatic carbocycles. The van der Waals surface area contributed by atoms with E-state index in [4.69, 9.17) is 0 Å². The second kappa shape index (κ2) is 14.9. The fourth-order valence-corrected chi connectivity index (χ4v) is 8.12. The predicted molar refractivity (Wildman–Crippen MR) is 178 cm³/mol. The third-order valence-corrected chi connectivity index (χ3v) is 10.2. The summed E-state index contributed by atoms with van der Waals surface area (Å²) in [4.78, 5) is 0. The third kappa shape index (κ3) is 6.94. The smallest absolute Gasteiger partial charge is 0.141 e. The summed E-state index contributed by atoms with van der Waals surface area (Å²) in [6.45, 7) is 2.46. The molecule has 44 heavy (non-hydrogen) atoms. The Hall–Kier alpha value is -2.24. The van der Waals surface area contributed by atoms with Gasteiger partial charge in [-0.3, -0.25) is 0 Å². The molecule has 4 aromatic carbocycles. The molecule has 0 aliphatic heterocycles. The molecule has 4 heteroatoms. The van der Waals surface area contributed by atoms with Gasteiger partial charge in [0.05, 0.1) is 41.3 Å². The van der Waals surface area contributed by atoms with E-state index in [0.717, 1.165) is 8.97 Å². The van der Waals surface area contributed by atoms with Gasteiger partial charge in [0, 0.05) is 22.3 Å². The largest absolute Gasteiger partial charge is 1.00 e. The molecule has 0 atom stereocenters. The molecule has 0 aromatic heterocycles. The highest BCUT2D eigenvalue weighted by atomic mass is 79.9. The highest BCUT2D eigenvalue weighted by Gasteiger charge is 2.40.